The standard InChI is InChI=1S/C18H20N4O3/c1-12-20-21-18(25-12)16-9-13-5-2-3-7-15(13)22(16)11-17(23)19-10-14-6-4-8-24-14/h2-3,5,7,9,14H,4,6,8,10-11H2,1H3,(H,19,23)/t14-/m1/s1. The van der Waals surface area contributed by atoms with E-state index in [2.05, 4.69) is 15.5 Å². The fourth-order valence-corrected chi connectivity index (χ4v) is 3.19. The highest BCUT2D eigenvalue weighted by Crippen LogP contribution is 2.27. The Morgan fingerprint density at radius 2 is 2.24 bits per heavy atom. The summed E-state index contributed by atoms with van der Waals surface area (Å²) >= 11 is 0. The van der Waals surface area contributed by atoms with E-state index in [0.717, 1.165) is 36.0 Å². The zero-order valence-electron chi connectivity index (χ0n) is 14.1. The molecule has 3 aromatic rings. The maximum absolute atomic E-state index is 12.4. The fourth-order valence-electron chi connectivity index (χ4n) is 3.19. The first-order valence-corrected chi connectivity index (χ1v) is 8.48. The monoisotopic (exact) mass is 340 g/mol. The van der Waals surface area contributed by atoms with Crippen LogP contribution in [0.5, 0.6) is 0 Å². The number of rotatable bonds is 5. The highest BCUT2D eigenvalue weighted by Gasteiger charge is 2.19. The number of amides is 1. The number of hydrogen-bond acceptors (Lipinski definition) is 5. The average Bonchev–Trinajstić information content (AvgIpc) is 3.33. The number of nitrogens with one attached hydrogen (secondary N) is 1. The minimum atomic E-state index is -0.0608. The van der Waals surface area contributed by atoms with E-state index in [1.165, 1.54) is 0 Å². The number of carbonyl (C=O) groups excluding carboxylic acids is 1. The molecule has 1 aliphatic heterocycles. The summed E-state index contributed by atoms with van der Waals surface area (Å²) < 4.78 is 13.0. The predicted molar refractivity (Wildman–Crippen MR) is 92.0 cm³/mol. The Morgan fingerprint density at radius 1 is 1.36 bits per heavy atom. The van der Waals surface area contributed by atoms with E-state index < -0.39 is 0 Å². The van der Waals surface area contributed by atoms with Crippen LogP contribution in [-0.4, -0.2) is 39.9 Å². The van der Waals surface area contributed by atoms with Crippen LogP contribution in [0.15, 0.2) is 34.7 Å². The summed E-state index contributed by atoms with van der Waals surface area (Å²) in [6.07, 6.45) is 2.19. The van der Waals surface area contributed by atoms with Gasteiger partial charge in [0.25, 0.3) is 5.89 Å². The van der Waals surface area contributed by atoms with Crippen molar-refractivity contribution in [1.29, 1.82) is 0 Å². The lowest BCUT2D eigenvalue weighted by Crippen LogP contribution is -2.34. The van der Waals surface area contributed by atoms with Crippen LogP contribution in [0.1, 0.15) is 18.7 Å². The lowest BCUT2D eigenvalue weighted by Gasteiger charge is -2.12. The Bertz CT molecular complexity index is 893. The molecule has 1 saturated heterocycles. The second-order valence-corrected chi connectivity index (χ2v) is 6.24. The molecule has 2 aromatic heterocycles. The average molecular weight is 340 g/mol. The second-order valence-electron chi connectivity index (χ2n) is 6.24. The second kappa shape index (κ2) is 6.68. The number of aromatic nitrogens is 3. The molecule has 7 nitrogen and oxygen atoms in total. The smallest absolute Gasteiger partial charge is 0.264 e. The topological polar surface area (TPSA) is 82.2 Å². The number of aryl methyl sites for hydroxylation is 1. The summed E-state index contributed by atoms with van der Waals surface area (Å²) in [6, 6.07) is 9.87. The van der Waals surface area contributed by atoms with Crippen LogP contribution < -0.4 is 5.32 Å². The summed E-state index contributed by atoms with van der Waals surface area (Å²) in [7, 11) is 0. The zero-order chi connectivity index (χ0) is 17.2. The van der Waals surface area contributed by atoms with Crippen molar-refractivity contribution in [2.45, 2.75) is 32.4 Å². The van der Waals surface area contributed by atoms with Crippen molar-refractivity contribution in [3.05, 3.63) is 36.2 Å². The van der Waals surface area contributed by atoms with E-state index in [4.69, 9.17) is 9.15 Å². The van der Waals surface area contributed by atoms with E-state index in [1.807, 2.05) is 34.9 Å². The van der Waals surface area contributed by atoms with Crippen molar-refractivity contribution >= 4 is 16.8 Å². The summed E-state index contributed by atoms with van der Waals surface area (Å²) in [5, 5.41) is 12.0. The largest absolute Gasteiger partial charge is 0.420 e. The van der Waals surface area contributed by atoms with Crippen molar-refractivity contribution in [3.8, 4) is 11.6 Å². The summed E-state index contributed by atoms with van der Waals surface area (Å²) in [5.74, 6) is 0.851. The van der Waals surface area contributed by atoms with E-state index >= 15 is 0 Å². The molecule has 1 amide bonds. The van der Waals surface area contributed by atoms with Gasteiger partial charge in [-0.3, -0.25) is 4.79 Å². The molecule has 0 saturated carbocycles. The molecular formula is C18H20N4O3. The normalized spacial score (nSPS) is 17.2. The Balaban J connectivity index is 1.59. The third-order valence-corrected chi connectivity index (χ3v) is 4.41. The summed E-state index contributed by atoms with van der Waals surface area (Å²) in [6.45, 7) is 3.27. The van der Waals surface area contributed by atoms with E-state index in [9.17, 15) is 4.79 Å². The lowest BCUT2D eigenvalue weighted by atomic mass is 10.2. The van der Waals surface area contributed by atoms with Gasteiger partial charge in [-0.2, -0.15) is 0 Å². The number of fused-ring (bicyclic) bond motifs is 1. The van der Waals surface area contributed by atoms with Crippen LogP contribution in [-0.2, 0) is 16.1 Å². The molecule has 130 valence electrons. The number of benzene rings is 1. The summed E-state index contributed by atoms with van der Waals surface area (Å²) in [5.41, 5.74) is 1.70. The van der Waals surface area contributed by atoms with Crippen molar-refractivity contribution in [2.75, 3.05) is 13.2 Å². The molecule has 0 bridgehead atoms. The number of carbonyl (C=O) groups is 1. The zero-order valence-corrected chi connectivity index (χ0v) is 14.1. The maximum Gasteiger partial charge on any atom is 0.264 e. The van der Waals surface area contributed by atoms with Crippen LogP contribution in [0.2, 0.25) is 0 Å². The Labute approximate surface area is 145 Å². The first-order chi connectivity index (χ1) is 12.2. The first kappa shape index (κ1) is 15.8. The number of ether oxygens (including phenoxy) is 1. The molecule has 0 unspecified atom stereocenters. The van der Waals surface area contributed by atoms with Gasteiger partial charge in [0.2, 0.25) is 11.8 Å². The van der Waals surface area contributed by atoms with Crippen LogP contribution in [0.3, 0.4) is 0 Å². The van der Waals surface area contributed by atoms with E-state index in [-0.39, 0.29) is 18.6 Å². The first-order valence-electron chi connectivity index (χ1n) is 8.48. The molecule has 3 heterocycles. The minimum Gasteiger partial charge on any atom is -0.420 e. The van der Waals surface area contributed by atoms with Crippen molar-refractivity contribution in [2.24, 2.45) is 0 Å². The SMILES string of the molecule is Cc1nnc(-c2cc3ccccc3n2CC(=O)NC[C@H]2CCCO2)o1. The van der Waals surface area contributed by atoms with Gasteiger partial charge in [-0.25, -0.2) is 0 Å². The van der Waals surface area contributed by atoms with Gasteiger partial charge in [0, 0.05) is 31.0 Å². The van der Waals surface area contributed by atoms with E-state index in [0.29, 0.717) is 18.3 Å². The van der Waals surface area contributed by atoms with E-state index in [1.54, 1.807) is 6.92 Å². The molecular weight excluding hydrogens is 320 g/mol. The highest BCUT2D eigenvalue weighted by molar-refractivity contribution is 5.88. The lowest BCUT2D eigenvalue weighted by molar-refractivity contribution is -0.122. The van der Waals surface area contributed by atoms with Gasteiger partial charge in [-0.15, -0.1) is 10.2 Å². The third kappa shape index (κ3) is 3.28. The molecule has 25 heavy (non-hydrogen) atoms. The molecule has 1 fully saturated rings. The highest BCUT2D eigenvalue weighted by atomic mass is 16.5. The molecule has 4 rings (SSSR count). The third-order valence-electron chi connectivity index (χ3n) is 4.41. The maximum atomic E-state index is 12.4. The fraction of sp³-hybridized carbons (Fsp3) is 0.389. The van der Waals surface area contributed by atoms with Crippen molar-refractivity contribution in [3.63, 3.8) is 0 Å². The van der Waals surface area contributed by atoms with Gasteiger partial charge < -0.3 is 19.0 Å². The molecule has 1 aliphatic rings. The Hall–Kier alpha value is -2.67. The van der Waals surface area contributed by atoms with Gasteiger partial charge in [0.1, 0.15) is 12.2 Å². The number of nitrogens with zero attached hydrogens (tertiary/aromatic N) is 3. The molecule has 0 radical (unpaired) electrons. The summed E-state index contributed by atoms with van der Waals surface area (Å²) in [4.78, 5) is 12.4. The Kier molecular flexibility index (Phi) is 4.23. The predicted octanol–water partition coefficient (Wildman–Crippen LogP) is 2.29. The minimum absolute atomic E-state index is 0.0608. The van der Waals surface area contributed by atoms with Gasteiger partial charge in [0.05, 0.1) is 6.10 Å². The van der Waals surface area contributed by atoms with Crippen LogP contribution in [0.25, 0.3) is 22.5 Å². The van der Waals surface area contributed by atoms with Crippen LogP contribution >= 0.6 is 0 Å². The van der Waals surface area contributed by atoms with Crippen molar-refractivity contribution in [1.82, 2.24) is 20.1 Å². The molecule has 1 N–H and O–H groups in total. The van der Waals surface area contributed by atoms with Crippen molar-refractivity contribution < 1.29 is 13.9 Å². The van der Waals surface area contributed by atoms with Gasteiger partial charge in [-0.1, -0.05) is 18.2 Å². The quantitative estimate of drug-likeness (QED) is 0.770. The number of hydrogen-bond donors (Lipinski definition) is 1. The molecule has 0 spiro atoms. The van der Waals surface area contributed by atoms with Gasteiger partial charge in [-0.05, 0) is 25.0 Å². The molecule has 1 atom stereocenters. The molecule has 0 aliphatic carbocycles. The van der Waals surface area contributed by atoms with Crippen LogP contribution in [0, 0.1) is 6.92 Å². The number of para-hydroxylation sites is 1. The Morgan fingerprint density at radius 3 is 3.00 bits per heavy atom. The van der Waals surface area contributed by atoms with Gasteiger partial charge >= 0.3 is 0 Å². The van der Waals surface area contributed by atoms with Gasteiger partial charge in [0.15, 0.2) is 0 Å². The molecule has 7 heteroatoms. The molecule has 1 aromatic carbocycles. The van der Waals surface area contributed by atoms with Crippen LogP contribution in [0.4, 0.5) is 0 Å².